The third-order valence-electron chi connectivity index (χ3n) is 5.57. The predicted octanol–water partition coefficient (Wildman–Crippen LogP) is 3.07. The SMILES string of the molecule is COc1ccc2c(CC(=O)Nc3ccccc3CN3CCCC3C(N)=O)coc2c1. The lowest BCUT2D eigenvalue weighted by molar-refractivity contribution is -0.122. The fraction of sp³-hybridized carbons (Fsp3) is 0.304. The number of fused-ring (bicyclic) bond motifs is 1. The van der Waals surface area contributed by atoms with Crippen LogP contribution in [0.15, 0.2) is 53.1 Å². The second kappa shape index (κ2) is 8.59. The third-order valence-corrected chi connectivity index (χ3v) is 5.57. The maximum absolute atomic E-state index is 12.7. The molecule has 1 unspecified atom stereocenters. The lowest BCUT2D eigenvalue weighted by Crippen LogP contribution is -2.39. The Morgan fingerprint density at radius 2 is 2.07 bits per heavy atom. The van der Waals surface area contributed by atoms with Crippen molar-refractivity contribution in [3.8, 4) is 5.75 Å². The van der Waals surface area contributed by atoms with E-state index in [1.54, 1.807) is 19.4 Å². The van der Waals surface area contributed by atoms with Crippen LogP contribution in [0.5, 0.6) is 5.75 Å². The number of nitrogens with two attached hydrogens (primary N) is 1. The van der Waals surface area contributed by atoms with Crippen molar-refractivity contribution >= 4 is 28.5 Å². The minimum Gasteiger partial charge on any atom is -0.497 e. The second-order valence-electron chi connectivity index (χ2n) is 7.54. The Kier molecular flexibility index (Phi) is 5.72. The van der Waals surface area contributed by atoms with Crippen LogP contribution >= 0.6 is 0 Å². The number of nitrogens with zero attached hydrogens (tertiary/aromatic N) is 1. The van der Waals surface area contributed by atoms with E-state index in [0.29, 0.717) is 17.9 Å². The summed E-state index contributed by atoms with van der Waals surface area (Å²) in [4.78, 5) is 26.5. The summed E-state index contributed by atoms with van der Waals surface area (Å²) in [7, 11) is 1.60. The molecule has 3 aromatic rings. The van der Waals surface area contributed by atoms with Crippen LogP contribution in [0.2, 0.25) is 0 Å². The van der Waals surface area contributed by atoms with E-state index in [2.05, 4.69) is 10.2 Å². The number of amides is 2. The molecule has 2 aromatic carbocycles. The Hall–Kier alpha value is -3.32. The van der Waals surface area contributed by atoms with Gasteiger partial charge in [-0.3, -0.25) is 14.5 Å². The molecule has 2 amide bonds. The molecule has 4 rings (SSSR count). The summed E-state index contributed by atoms with van der Waals surface area (Å²) >= 11 is 0. The maximum Gasteiger partial charge on any atom is 0.234 e. The van der Waals surface area contributed by atoms with E-state index >= 15 is 0 Å². The van der Waals surface area contributed by atoms with Crippen LogP contribution in [0, 0.1) is 0 Å². The van der Waals surface area contributed by atoms with Gasteiger partial charge < -0.3 is 20.2 Å². The topological polar surface area (TPSA) is 97.8 Å². The molecule has 1 fully saturated rings. The Bertz CT molecular complexity index is 1080. The Balaban J connectivity index is 1.47. The molecule has 1 atom stereocenters. The zero-order chi connectivity index (χ0) is 21.1. The normalized spacial score (nSPS) is 16.6. The van der Waals surface area contributed by atoms with E-state index in [1.165, 1.54) is 0 Å². The molecule has 1 aliphatic heterocycles. The van der Waals surface area contributed by atoms with E-state index in [0.717, 1.165) is 41.6 Å². The van der Waals surface area contributed by atoms with Crippen molar-refractivity contribution in [2.24, 2.45) is 5.73 Å². The van der Waals surface area contributed by atoms with Gasteiger partial charge in [0.05, 0.1) is 25.8 Å². The number of benzene rings is 2. The number of furan rings is 1. The lowest BCUT2D eigenvalue weighted by Gasteiger charge is -2.23. The fourth-order valence-corrected chi connectivity index (χ4v) is 4.03. The van der Waals surface area contributed by atoms with Crippen LogP contribution in [-0.4, -0.2) is 36.4 Å². The van der Waals surface area contributed by atoms with Gasteiger partial charge >= 0.3 is 0 Å². The number of carbonyl (C=O) groups is 2. The molecule has 156 valence electrons. The van der Waals surface area contributed by atoms with Crippen LogP contribution in [0.3, 0.4) is 0 Å². The minimum absolute atomic E-state index is 0.131. The molecule has 1 aromatic heterocycles. The summed E-state index contributed by atoms with van der Waals surface area (Å²) in [6.07, 6.45) is 3.53. The smallest absolute Gasteiger partial charge is 0.234 e. The zero-order valence-corrected chi connectivity index (χ0v) is 16.9. The van der Waals surface area contributed by atoms with Gasteiger partial charge in [-0.1, -0.05) is 18.2 Å². The first-order chi connectivity index (χ1) is 14.5. The maximum atomic E-state index is 12.7. The molecule has 7 nitrogen and oxygen atoms in total. The number of hydrogen-bond donors (Lipinski definition) is 2. The van der Waals surface area contributed by atoms with E-state index in [4.69, 9.17) is 14.9 Å². The van der Waals surface area contributed by atoms with Crippen LogP contribution in [0.4, 0.5) is 5.69 Å². The number of rotatable bonds is 7. The van der Waals surface area contributed by atoms with Crippen molar-refractivity contribution in [2.45, 2.75) is 31.8 Å². The monoisotopic (exact) mass is 407 g/mol. The quantitative estimate of drug-likeness (QED) is 0.627. The van der Waals surface area contributed by atoms with Gasteiger partial charge in [0.25, 0.3) is 0 Å². The third kappa shape index (κ3) is 4.16. The average Bonchev–Trinajstić information content (AvgIpc) is 3.36. The molecule has 2 heterocycles. The summed E-state index contributed by atoms with van der Waals surface area (Å²) in [5, 5.41) is 3.90. The van der Waals surface area contributed by atoms with Crippen LogP contribution < -0.4 is 15.8 Å². The fourth-order valence-electron chi connectivity index (χ4n) is 4.03. The number of para-hydroxylation sites is 1. The molecule has 3 N–H and O–H groups in total. The van der Waals surface area contributed by atoms with Crippen molar-refractivity contribution in [1.82, 2.24) is 4.90 Å². The number of likely N-dealkylation sites (tertiary alicyclic amines) is 1. The van der Waals surface area contributed by atoms with E-state index in [1.807, 2.05) is 36.4 Å². The Labute approximate surface area is 174 Å². The highest BCUT2D eigenvalue weighted by Gasteiger charge is 2.29. The number of carbonyl (C=O) groups excluding carboxylic acids is 2. The van der Waals surface area contributed by atoms with E-state index in [-0.39, 0.29) is 24.3 Å². The summed E-state index contributed by atoms with van der Waals surface area (Å²) < 4.78 is 10.8. The Morgan fingerprint density at radius 1 is 1.23 bits per heavy atom. The molecule has 0 radical (unpaired) electrons. The number of nitrogens with one attached hydrogen (secondary N) is 1. The highest BCUT2D eigenvalue weighted by molar-refractivity contribution is 5.96. The first-order valence-electron chi connectivity index (χ1n) is 10.0. The summed E-state index contributed by atoms with van der Waals surface area (Å²) in [6, 6.07) is 12.9. The van der Waals surface area contributed by atoms with Crippen molar-refractivity contribution in [3.05, 3.63) is 59.9 Å². The summed E-state index contributed by atoms with van der Waals surface area (Å²) in [6.45, 7) is 1.39. The number of ether oxygens (including phenoxy) is 1. The molecule has 0 saturated carbocycles. The molecule has 7 heteroatoms. The average molecular weight is 407 g/mol. The lowest BCUT2D eigenvalue weighted by atomic mass is 10.1. The molecule has 1 aliphatic rings. The number of anilines is 1. The molecular weight excluding hydrogens is 382 g/mol. The van der Waals surface area contributed by atoms with E-state index in [9.17, 15) is 9.59 Å². The largest absolute Gasteiger partial charge is 0.497 e. The first-order valence-corrected chi connectivity index (χ1v) is 10.0. The highest BCUT2D eigenvalue weighted by atomic mass is 16.5. The molecule has 0 bridgehead atoms. The van der Waals surface area contributed by atoms with Gasteiger partial charge in [-0.05, 0) is 43.1 Å². The first kappa shape index (κ1) is 20.0. The van der Waals surface area contributed by atoms with Crippen molar-refractivity contribution in [2.75, 3.05) is 19.0 Å². The molecule has 0 aliphatic carbocycles. The van der Waals surface area contributed by atoms with Gasteiger partial charge in [-0.25, -0.2) is 0 Å². The summed E-state index contributed by atoms with van der Waals surface area (Å²) in [5.74, 6) is 0.282. The second-order valence-corrected chi connectivity index (χ2v) is 7.54. The summed E-state index contributed by atoms with van der Waals surface area (Å²) in [5.41, 5.74) is 8.73. The predicted molar refractivity (Wildman–Crippen MR) is 114 cm³/mol. The number of methoxy groups -OCH3 is 1. The van der Waals surface area contributed by atoms with Crippen molar-refractivity contribution in [1.29, 1.82) is 0 Å². The van der Waals surface area contributed by atoms with Crippen LogP contribution in [0.25, 0.3) is 11.0 Å². The van der Waals surface area contributed by atoms with Gasteiger partial charge in [0.1, 0.15) is 11.3 Å². The number of hydrogen-bond acceptors (Lipinski definition) is 5. The molecule has 1 saturated heterocycles. The van der Waals surface area contributed by atoms with Gasteiger partial charge in [0.2, 0.25) is 11.8 Å². The standard InChI is InChI=1S/C23H25N3O4/c1-29-17-8-9-18-16(14-30-21(18)12-17)11-22(27)25-19-6-3-2-5-15(19)13-26-10-4-7-20(26)23(24)28/h2-3,5-6,8-9,12,14,20H,4,7,10-11,13H2,1H3,(H2,24,28)(H,25,27). The van der Waals surface area contributed by atoms with Crippen molar-refractivity contribution in [3.63, 3.8) is 0 Å². The van der Waals surface area contributed by atoms with Crippen molar-refractivity contribution < 1.29 is 18.7 Å². The molecule has 0 spiro atoms. The van der Waals surface area contributed by atoms with Crippen LogP contribution in [-0.2, 0) is 22.6 Å². The van der Waals surface area contributed by atoms with Gasteiger partial charge in [0, 0.05) is 29.2 Å². The number of primary amides is 1. The highest BCUT2D eigenvalue weighted by Crippen LogP contribution is 2.27. The Morgan fingerprint density at radius 3 is 2.87 bits per heavy atom. The van der Waals surface area contributed by atoms with Crippen LogP contribution in [0.1, 0.15) is 24.0 Å². The zero-order valence-electron chi connectivity index (χ0n) is 16.9. The van der Waals surface area contributed by atoms with Gasteiger partial charge in [0.15, 0.2) is 0 Å². The molecular formula is C23H25N3O4. The minimum atomic E-state index is -0.294. The van der Waals surface area contributed by atoms with E-state index < -0.39 is 0 Å². The molecule has 30 heavy (non-hydrogen) atoms. The van der Waals surface area contributed by atoms with Gasteiger partial charge in [-0.2, -0.15) is 0 Å². The van der Waals surface area contributed by atoms with Gasteiger partial charge in [-0.15, -0.1) is 0 Å².